The van der Waals surface area contributed by atoms with Gasteiger partial charge in [0.2, 0.25) is 5.91 Å². The molecule has 0 saturated carbocycles. The quantitative estimate of drug-likeness (QED) is 0.388. The average molecular weight is 392 g/mol. The molecule has 0 aliphatic heterocycles. The Balaban J connectivity index is 1.53. The van der Waals surface area contributed by atoms with Crippen molar-refractivity contribution >= 4 is 16.9 Å². The Bertz CT molecular complexity index is 944. The Hall–Kier alpha value is -3.08. The SMILES string of the molecule is C=CC(=O)NCCCc1nc2ccccc2n1CCCCOc1ccc(C)cc1. The molecule has 5 heteroatoms. The fourth-order valence-electron chi connectivity index (χ4n) is 3.29. The Labute approximate surface area is 172 Å². The summed E-state index contributed by atoms with van der Waals surface area (Å²) in [5.41, 5.74) is 3.42. The van der Waals surface area contributed by atoms with Crippen molar-refractivity contribution in [2.24, 2.45) is 0 Å². The summed E-state index contributed by atoms with van der Waals surface area (Å²) in [6.07, 6.45) is 4.97. The first-order chi connectivity index (χ1) is 14.2. The Morgan fingerprint density at radius 2 is 1.93 bits per heavy atom. The van der Waals surface area contributed by atoms with E-state index in [2.05, 4.69) is 53.7 Å². The van der Waals surface area contributed by atoms with Gasteiger partial charge in [0.1, 0.15) is 11.6 Å². The largest absolute Gasteiger partial charge is 0.494 e. The highest BCUT2D eigenvalue weighted by Gasteiger charge is 2.10. The Morgan fingerprint density at radius 3 is 2.72 bits per heavy atom. The lowest BCUT2D eigenvalue weighted by Crippen LogP contribution is -2.22. The van der Waals surface area contributed by atoms with Crippen molar-refractivity contribution in [2.75, 3.05) is 13.2 Å². The van der Waals surface area contributed by atoms with Crippen LogP contribution in [0.5, 0.6) is 5.75 Å². The van der Waals surface area contributed by atoms with Crippen LogP contribution in [0.4, 0.5) is 0 Å². The molecule has 29 heavy (non-hydrogen) atoms. The maximum absolute atomic E-state index is 11.3. The van der Waals surface area contributed by atoms with E-state index in [9.17, 15) is 4.79 Å². The van der Waals surface area contributed by atoms with Gasteiger partial charge >= 0.3 is 0 Å². The minimum atomic E-state index is -0.132. The van der Waals surface area contributed by atoms with Crippen LogP contribution >= 0.6 is 0 Å². The van der Waals surface area contributed by atoms with Gasteiger partial charge in [-0.2, -0.15) is 0 Å². The number of para-hydroxylation sites is 2. The van der Waals surface area contributed by atoms with Crippen LogP contribution in [0.3, 0.4) is 0 Å². The molecule has 1 amide bonds. The van der Waals surface area contributed by atoms with Crippen molar-refractivity contribution in [3.63, 3.8) is 0 Å². The molecule has 1 heterocycles. The molecule has 0 bridgehead atoms. The van der Waals surface area contributed by atoms with Gasteiger partial charge in [-0.3, -0.25) is 4.79 Å². The van der Waals surface area contributed by atoms with Crippen LogP contribution in [0, 0.1) is 6.92 Å². The molecule has 3 aromatic rings. The average Bonchev–Trinajstić information content (AvgIpc) is 3.09. The molecular formula is C24H29N3O2. The van der Waals surface area contributed by atoms with E-state index in [1.54, 1.807) is 0 Å². The van der Waals surface area contributed by atoms with E-state index in [0.29, 0.717) is 13.2 Å². The highest BCUT2D eigenvalue weighted by atomic mass is 16.5. The number of imidazole rings is 1. The van der Waals surface area contributed by atoms with Crippen LogP contribution in [-0.2, 0) is 17.8 Å². The molecule has 1 N–H and O–H groups in total. The molecule has 0 aliphatic carbocycles. The number of aromatic nitrogens is 2. The minimum absolute atomic E-state index is 0.132. The molecule has 0 radical (unpaired) electrons. The lowest BCUT2D eigenvalue weighted by atomic mass is 10.2. The standard InChI is InChI=1S/C24H29N3O2/c1-3-24(28)25-16-8-11-23-26-21-9-4-5-10-22(21)27(23)17-6-7-18-29-20-14-12-19(2)13-15-20/h3-5,9-10,12-15H,1,6-8,11,16-18H2,2H3,(H,25,28). The first-order valence-corrected chi connectivity index (χ1v) is 10.2. The second kappa shape index (κ2) is 10.5. The number of nitrogens with one attached hydrogen (secondary N) is 1. The number of hydrogen-bond donors (Lipinski definition) is 1. The van der Waals surface area contributed by atoms with Crippen LogP contribution in [0.2, 0.25) is 0 Å². The molecule has 0 spiro atoms. The third kappa shape index (κ3) is 5.95. The van der Waals surface area contributed by atoms with E-state index >= 15 is 0 Å². The minimum Gasteiger partial charge on any atom is -0.494 e. The smallest absolute Gasteiger partial charge is 0.243 e. The van der Waals surface area contributed by atoms with E-state index in [0.717, 1.165) is 54.8 Å². The highest BCUT2D eigenvalue weighted by molar-refractivity contribution is 5.86. The van der Waals surface area contributed by atoms with Gasteiger partial charge in [-0.05, 0) is 56.5 Å². The van der Waals surface area contributed by atoms with Crippen molar-refractivity contribution in [3.8, 4) is 5.75 Å². The van der Waals surface area contributed by atoms with E-state index in [-0.39, 0.29) is 5.91 Å². The normalized spacial score (nSPS) is 10.8. The predicted octanol–water partition coefficient (Wildman–Crippen LogP) is 4.44. The zero-order chi connectivity index (χ0) is 20.5. The van der Waals surface area contributed by atoms with E-state index < -0.39 is 0 Å². The van der Waals surface area contributed by atoms with Crippen LogP contribution in [0.1, 0.15) is 30.7 Å². The lowest BCUT2D eigenvalue weighted by molar-refractivity contribution is -0.116. The molecule has 0 aliphatic rings. The number of carbonyl (C=O) groups is 1. The van der Waals surface area contributed by atoms with Gasteiger partial charge in [0.15, 0.2) is 0 Å². The summed E-state index contributed by atoms with van der Waals surface area (Å²) in [7, 11) is 0. The van der Waals surface area contributed by atoms with Crippen molar-refractivity contribution in [2.45, 2.75) is 39.2 Å². The second-order valence-corrected chi connectivity index (χ2v) is 7.14. The maximum Gasteiger partial charge on any atom is 0.243 e. The number of rotatable bonds is 11. The zero-order valence-corrected chi connectivity index (χ0v) is 17.1. The van der Waals surface area contributed by atoms with Gasteiger partial charge in [0.25, 0.3) is 0 Å². The van der Waals surface area contributed by atoms with Crippen molar-refractivity contribution in [3.05, 3.63) is 72.6 Å². The molecule has 3 rings (SSSR count). The number of ether oxygens (including phenoxy) is 1. The summed E-state index contributed by atoms with van der Waals surface area (Å²) >= 11 is 0. The Kier molecular flexibility index (Phi) is 7.45. The summed E-state index contributed by atoms with van der Waals surface area (Å²) < 4.78 is 8.14. The fourth-order valence-corrected chi connectivity index (χ4v) is 3.29. The third-order valence-corrected chi connectivity index (χ3v) is 4.86. The number of unbranched alkanes of at least 4 members (excludes halogenated alkanes) is 1. The number of fused-ring (bicyclic) bond motifs is 1. The van der Waals surface area contributed by atoms with Gasteiger partial charge in [-0.25, -0.2) is 4.98 Å². The van der Waals surface area contributed by atoms with Crippen molar-refractivity contribution in [1.29, 1.82) is 0 Å². The number of carbonyl (C=O) groups excluding carboxylic acids is 1. The van der Waals surface area contributed by atoms with Crippen LogP contribution in [0.25, 0.3) is 11.0 Å². The fraction of sp³-hybridized carbons (Fsp3) is 0.333. The summed E-state index contributed by atoms with van der Waals surface area (Å²) in [4.78, 5) is 16.1. The number of nitrogens with zero attached hydrogens (tertiary/aromatic N) is 2. The number of hydrogen-bond acceptors (Lipinski definition) is 3. The maximum atomic E-state index is 11.3. The van der Waals surface area contributed by atoms with E-state index in [1.165, 1.54) is 11.6 Å². The molecule has 0 unspecified atom stereocenters. The monoisotopic (exact) mass is 391 g/mol. The molecule has 0 atom stereocenters. The van der Waals surface area contributed by atoms with Crippen LogP contribution in [0.15, 0.2) is 61.2 Å². The first-order valence-electron chi connectivity index (χ1n) is 10.2. The lowest BCUT2D eigenvalue weighted by Gasteiger charge is -2.10. The summed E-state index contributed by atoms with van der Waals surface area (Å²) in [6, 6.07) is 16.4. The number of benzene rings is 2. The number of aryl methyl sites for hydroxylation is 3. The van der Waals surface area contributed by atoms with Crippen LogP contribution < -0.4 is 10.1 Å². The Morgan fingerprint density at radius 1 is 1.14 bits per heavy atom. The molecule has 1 aromatic heterocycles. The molecule has 2 aromatic carbocycles. The zero-order valence-electron chi connectivity index (χ0n) is 17.1. The molecule has 5 nitrogen and oxygen atoms in total. The molecule has 0 saturated heterocycles. The molecule has 152 valence electrons. The van der Waals surface area contributed by atoms with E-state index in [1.807, 2.05) is 18.2 Å². The molecular weight excluding hydrogens is 362 g/mol. The van der Waals surface area contributed by atoms with Crippen LogP contribution in [-0.4, -0.2) is 28.6 Å². The van der Waals surface area contributed by atoms with Gasteiger partial charge in [-0.1, -0.05) is 36.4 Å². The number of amides is 1. The van der Waals surface area contributed by atoms with Gasteiger partial charge < -0.3 is 14.6 Å². The summed E-state index contributed by atoms with van der Waals surface area (Å²) in [5.74, 6) is 1.86. The molecule has 0 fully saturated rings. The summed E-state index contributed by atoms with van der Waals surface area (Å²) in [6.45, 7) is 7.79. The van der Waals surface area contributed by atoms with Gasteiger partial charge in [0, 0.05) is 19.5 Å². The third-order valence-electron chi connectivity index (χ3n) is 4.86. The summed E-state index contributed by atoms with van der Waals surface area (Å²) in [5, 5.41) is 2.82. The van der Waals surface area contributed by atoms with Gasteiger partial charge in [0.05, 0.1) is 17.6 Å². The van der Waals surface area contributed by atoms with Crippen molar-refractivity contribution in [1.82, 2.24) is 14.9 Å². The first kappa shape index (κ1) is 20.6. The predicted molar refractivity (Wildman–Crippen MR) is 117 cm³/mol. The van der Waals surface area contributed by atoms with Gasteiger partial charge in [-0.15, -0.1) is 0 Å². The van der Waals surface area contributed by atoms with Crippen molar-refractivity contribution < 1.29 is 9.53 Å². The van der Waals surface area contributed by atoms with E-state index in [4.69, 9.17) is 9.72 Å². The second-order valence-electron chi connectivity index (χ2n) is 7.14. The topological polar surface area (TPSA) is 56.2 Å². The highest BCUT2D eigenvalue weighted by Crippen LogP contribution is 2.18.